The van der Waals surface area contributed by atoms with Crippen molar-refractivity contribution in [1.29, 1.82) is 0 Å². The maximum absolute atomic E-state index is 4.17. The molecular weight excluding hydrogens is 204 g/mol. The van der Waals surface area contributed by atoms with E-state index in [0.717, 1.165) is 17.6 Å². The molecule has 0 amide bonds. The van der Waals surface area contributed by atoms with Crippen molar-refractivity contribution >= 4 is 15.9 Å². The molecule has 3 heteroatoms. The van der Waals surface area contributed by atoms with E-state index in [1.54, 1.807) is 6.20 Å². The number of aromatic amines is 1. The van der Waals surface area contributed by atoms with Crippen molar-refractivity contribution in [3.63, 3.8) is 0 Å². The second-order valence-electron chi connectivity index (χ2n) is 3.51. The fraction of sp³-hybridized carbons (Fsp3) is 0.625. The molecule has 11 heavy (non-hydrogen) atoms. The molecule has 0 saturated carbocycles. The van der Waals surface area contributed by atoms with E-state index in [1.165, 1.54) is 0 Å². The summed E-state index contributed by atoms with van der Waals surface area (Å²) in [5.74, 6) is 1.06. The van der Waals surface area contributed by atoms with E-state index in [4.69, 9.17) is 0 Å². The van der Waals surface area contributed by atoms with Crippen LogP contribution in [-0.4, -0.2) is 15.3 Å². The first kappa shape index (κ1) is 8.78. The first-order chi connectivity index (χ1) is 5.14. The minimum Gasteiger partial charge on any atom is -0.349 e. The monoisotopic (exact) mass is 216 g/mol. The lowest BCUT2D eigenvalue weighted by molar-refractivity contribution is 0.415. The summed E-state index contributed by atoms with van der Waals surface area (Å²) in [7, 11) is 0. The zero-order chi connectivity index (χ0) is 8.32. The SMILES string of the molecule is CC(C)(CBr)Cc1ncc[nH]1. The Bertz CT molecular complexity index is 204. The minimum absolute atomic E-state index is 0.290. The third-order valence-corrected chi connectivity index (χ3v) is 3.08. The Morgan fingerprint density at radius 3 is 2.82 bits per heavy atom. The number of imidazole rings is 1. The Morgan fingerprint density at radius 1 is 1.64 bits per heavy atom. The van der Waals surface area contributed by atoms with Crippen molar-refractivity contribution in [1.82, 2.24) is 9.97 Å². The van der Waals surface area contributed by atoms with Crippen LogP contribution in [0.3, 0.4) is 0 Å². The molecule has 1 rings (SSSR count). The Morgan fingerprint density at radius 2 is 2.36 bits per heavy atom. The fourth-order valence-electron chi connectivity index (χ4n) is 0.895. The van der Waals surface area contributed by atoms with Crippen LogP contribution in [0, 0.1) is 5.41 Å². The van der Waals surface area contributed by atoms with Crippen LogP contribution < -0.4 is 0 Å². The van der Waals surface area contributed by atoms with Crippen LogP contribution in [0.4, 0.5) is 0 Å². The Labute approximate surface area is 75.6 Å². The molecule has 1 aromatic rings. The first-order valence-corrected chi connectivity index (χ1v) is 4.80. The summed E-state index contributed by atoms with van der Waals surface area (Å²) in [5.41, 5.74) is 0.290. The normalized spacial score (nSPS) is 11.9. The van der Waals surface area contributed by atoms with Gasteiger partial charge in [-0.15, -0.1) is 0 Å². The van der Waals surface area contributed by atoms with Gasteiger partial charge in [0.25, 0.3) is 0 Å². The van der Waals surface area contributed by atoms with Crippen LogP contribution in [0.1, 0.15) is 19.7 Å². The van der Waals surface area contributed by atoms with Gasteiger partial charge in [-0.2, -0.15) is 0 Å². The average Bonchev–Trinajstić information content (AvgIpc) is 2.39. The molecular formula is C8H13BrN2. The molecule has 0 aromatic carbocycles. The molecule has 0 unspecified atom stereocenters. The highest BCUT2D eigenvalue weighted by molar-refractivity contribution is 9.09. The van der Waals surface area contributed by atoms with Gasteiger partial charge >= 0.3 is 0 Å². The van der Waals surface area contributed by atoms with Gasteiger partial charge in [-0.3, -0.25) is 0 Å². The van der Waals surface area contributed by atoms with Crippen LogP contribution in [0.2, 0.25) is 0 Å². The quantitative estimate of drug-likeness (QED) is 0.773. The second-order valence-corrected chi connectivity index (χ2v) is 4.07. The number of H-pyrrole nitrogens is 1. The summed E-state index contributed by atoms with van der Waals surface area (Å²) in [5, 5.41) is 1.00. The van der Waals surface area contributed by atoms with Crippen LogP contribution in [0.15, 0.2) is 12.4 Å². The summed E-state index contributed by atoms with van der Waals surface area (Å²) >= 11 is 3.47. The molecule has 1 N–H and O–H groups in total. The third kappa shape index (κ3) is 2.66. The molecule has 0 aliphatic heterocycles. The van der Waals surface area contributed by atoms with Crippen LogP contribution >= 0.6 is 15.9 Å². The number of halogens is 1. The maximum atomic E-state index is 4.17. The van der Waals surface area contributed by atoms with Crippen molar-refractivity contribution < 1.29 is 0 Å². The van der Waals surface area contributed by atoms with Crippen LogP contribution in [0.5, 0.6) is 0 Å². The lowest BCUT2D eigenvalue weighted by atomic mass is 9.92. The molecule has 0 radical (unpaired) electrons. The molecule has 1 heterocycles. The molecule has 0 aliphatic rings. The lowest BCUT2D eigenvalue weighted by Gasteiger charge is -2.19. The van der Waals surface area contributed by atoms with E-state index in [0.29, 0.717) is 0 Å². The number of aromatic nitrogens is 2. The number of nitrogens with zero attached hydrogens (tertiary/aromatic N) is 1. The number of alkyl halides is 1. The minimum atomic E-state index is 0.290. The van der Waals surface area contributed by atoms with E-state index in [1.807, 2.05) is 6.20 Å². The van der Waals surface area contributed by atoms with E-state index >= 15 is 0 Å². The smallest absolute Gasteiger partial charge is 0.106 e. The summed E-state index contributed by atoms with van der Waals surface area (Å²) in [4.78, 5) is 7.27. The van der Waals surface area contributed by atoms with Gasteiger partial charge in [0.2, 0.25) is 0 Å². The summed E-state index contributed by atoms with van der Waals surface area (Å²) < 4.78 is 0. The number of nitrogens with one attached hydrogen (secondary N) is 1. The van der Waals surface area contributed by atoms with Crippen molar-refractivity contribution in [3.8, 4) is 0 Å². The summed E-state index contributed by atoms with van der Waals surface area (Å²) in [6, 6.07) is 0. The molecule has 0 saturated heterocycles. The van der Waals surface area contributed by atoms with Gasteiger partial charge < -0.3 is 4.98 Å². The summed E-state index contributed by atoms with van der Waals surface area (Å²) in [6.07, 6.45) is 4.64. The Kier molecular flexibility index (Phi) is 2.71. The predicted octanol–water partition coefficient (Wildman–Crippen LogP) is 2.37. The van der Waals surface area contributed by atoms with Gasteiger partial charge in [0, 0.05) is 24.1 Å². The van der Waals surface area contributed by atoms with Crippen LogP contribution in [-0.2, 0) is 6.42 Å². The molecule has 0 fully saturated rings. The molecule has 0 spiro atoms. The maximum Gasteiger partial charge on any atom is 0.106 e. The van der Waals surface area contributed by atoms with E-state index < -0.39 is 0 Å². The Hall–Kier alpha value is -0.310. The molecule has 0 atom stereocenters. The zero-order valence-electron chi connectivity index (χ0n) is 6.89. The van der Waals surface area contributed by atoms with Gasteiger partial charge in [-0.25, -0.2) is 4.98 Å². The zero-order valence-corrected chi connectivity index (χ0v) is 8.48. The van der Waals surface area contributed by atoms with Crippen LogP contribution in [0.25, 0.3) is 0 Å². The first-order valence-electron chi connectivity index (χ1n) is 3.68. The molecule has 0 bridgehead atoms. The van der Waals surface area contributed by atoms with E-state index in [2.05, 4.69) is 39.7 Å². The summed E-state index contributed by atoms with van der Waals surface area (Å²) in [6.45, 7) is 4.43. The molecule has 2 nitrogen and oxygen atoms in total. The van der Waals surface area contributed by atoms with E-state index in [9.17, 15) is 0 Å². The third-order valence-electron chi connectivity index (χ3n) is 1.56. The van der Waals surface area contributed by atoms with Crippen molar-refractivity contribution in [2.45, 2.75) is 20.3 Å². The van der Waals surface area contributed by atoms with Gasteiger partial charge in [0.15, 0.2) is 0 Å². The number of rotatable bonds is 3. The highest BCUT2D eigenvalue weighted by Crippen LogP contribution is 2.21. The van der Waals surface area contributed by atoms with Gasteiger partial charge in [0.1, 0.15) is 5.82 Å². The van der Waals surface area contributed by atoms with Crippen molar-refractivity contribution in [2.24, 2.45) is 5.41 Å². The molecule has 62 valence electrons. The molecule has 1 aromatic heterocycles. The predicted molar refractivity (Wildman–Crippen MR) is 49.9 cm³/mol. The van der Waals surface area contributed by atoms with Crippen molar-refractivity contribution in [2.75, 3.05) is 5.33 Å². The van der Waals surface area contributed by atoms with Gasteiger partial charge in [-0.05, 0) is 5.41 Å². The molecule has 0 aliphatic carbocycles. The highest BCUT2D eigenvalue weighted by atomic mass is 79.9. The Balaban J connectivity index is 2.56. The second kappa shape index (κ2) is 3.39. The lowest BCUT2D eigenvalue weighted by Crippen LogP contribution is -2.17. The van der Waals surface area contributed by atoms with Crippen molar-refractivity contribution in [3.05, 3.63) is 18.2 Å². The van der Waals surface area contributed by atoms with Gasteiger partial charge in [0.05, 0.1) is 0 Å². The largest absolute Gasteiger partial charge is 0.349 e. The average molecular weight is 217 g/mol. The van der Waals surface area contributed by atoms with E-state index in [-0.39, 0.29) is 5.41 Å². The van der Waals surface area contributed by atoms with Gasteiger partial charge in [-0.1, -0.05) is 29.8 Å². The highest BCUT2D eigenvalue weighted by Gasteiger charge is 2.17. The fourth-order valence-corrected chi connectivity index (χ4v) is 1.09. The topological polar surface area (TPSA) is 28.7 Å². The number of hydrogen-bond donors (Lipinski definition) is 1. The standard InChI is InChI=1S/C8H13BrN2/c1-8(2,6-9)5-7-10-3-4-11-7/h3-4H,5-6H2,1-2H3,(H,10,11). The number of hydrogen-bond acceptors (Lipinski definition) is 1.